The molecule has 1 aromatic carbocycles. The zero-order valence-electron chi connectivity index (χ0n) is 14.8. The zero-order chi connectivity index (χ0) is 17.9. The summed E-state index contributed by atoms with van der Waals surface area (Å²) in [5.41, 5.74) is 11.0. The average Bonchev–Trinajstić information content (AvgIpc) is 3.33. The van der Waals surface area contributed by atoms with Gasteiger partial charge in [0.25, 0.3) is 0 Å². The molecule has 1 aromatic heterocycles. The first-order chi connectivity index (χ1) is 12.7. The standard InChI is InChI=1S/C20H23N5S/c1-13-11-16(25-20(22-13)23-15-9-5-6-10-15)18(21)19-24-17(12-26-19)14-7-3-2-4-8-14/h2-4,7-8,11-12,15,24H,5-6,9-10,21H2,1H3,(H,22,23,25)/b19-18+. The molecule has 0 bridgehead atoms. The molecule has 2 aromatic rings. The van der Waals surface area contributed by atoms with Crippen LogP contribution in [0.15, 0.2) is 46.8 Å². The Morgan fingerprint density at radius 1 is 1.19 bits per heavy atom. The largest absolute Gasteiger partial charge is 0.395 e. The SMILES string of the molecule is Cc1cc(/C(N)=C2/NC(c3ccccc3)=CS2)nc(NC2CCCC2)n1. The van der Waals surface area contributed by atoms with Crippen LogP contribution in [0.25, 0.3) is 11.4 Å². The fraction of sp³-hybridized carbons (Fsp3) is 0.300. The summed E-state index contributed by atoms with van der Waals surface area (Å²) in [5.74, 6) is 0.676. The molecule has 0 amide bonds. The molecule has 1 aliphatic heterocycles. The van der Waals surface area contributed by atoms with Gasteiger partial charge in [-0.1, -0.05) is 54.9 Å². The lowest BCUT2D eigenvalue weighted by Crippen LogP contribution is -2.18. The van der Waals surface area contributed by atoms with Crippen LogP contribution in [0, 0.1) is 6.92 Å². The van der Waals surface area contributed by atoms with Crippen LogP contribution in [0.5, 0.6) is 0 Å². The van der Waals surface area contributed by atoms with E-state index in [9.17, 15) is 0 Å². The summed E-state index contributed by atoms with van der Waals surface area (Å²) in [5, 5.41) is 9.87. The third-order valence-corrected chi connectivity index (χ3v) is 5.60. The van der Waals surface area contributed by atoms with Crippen molar-refractivity contribution in [2.24, 2.45) is 5.73 Å². The first-order valence-electron chi connectivity index (χ1n) is 9.00. The van der Waals surface area contributed by atoms with Crippen LogP contribution in [0.3, 0.4) is 0 Å². The summed E-state index contributed by atoms with van der Waals surface area (Å²) in [7, 11) is 0. The molecule has 1 aliphatic carbocycles. The Morgan fingerprint density at radius 2 is 1.96 bits per heavy atom. The number of nitrogens with two attached hydrogens (primary N) is 1. The predicted molar refractivity (Wildman–Crippen MR) is 109 cm³/mol. The van der Waals surface area contributed by atoms with Gasteiger partial charge in [0.2, 0.25) is 5.95 Å². The van der Waals surface area contributed by atoms with Crippen molar-refractivity contribution in [2.45, 2.75) is 38.6 Å². The maximum atomic E-state index is 6.43. The third kappa shape index (κ3) is 3.70. The van der Waals surface area contributed by atoms with Crippen LogP contribution in [0.1, 0.15) is 42.6 Å². The minimum atomic E-state index is 0.476. The molecule has 2 aliphatic rings. The van der Waals surface area contributed by atoms with Gasteiger partial charge in [-0.05, 0) is 31.4 Å². The van der Waals surface area contributed by atoms with Gasteiger partial charge in [-0.3, -0.25) is 0 Å². The molecule has 0 saturated heterocycles. The molecule has 4 N–H and O–H groups in total. The van der Waals surface area contributed by atoms with Crippen molar-refractivity contribution in [1.82, 2.24) is 15.3 Å². The topological polar surface area (TPSA) is 75.9 Å². The van der Waals surface area contributed by atoms with Crippen LogP contribution < -0.4 is 16.4 Å². The van der Waals surface area contributed by atoms with Crippen LogP contribution >= 0.6 is 11.8 Å². The first-order valence-corrected chi connectivity index (χ1v) is 9.88. The van der Waals surface area contributed by atoms with Crippen molar-refractivity contribution >= 4 is 29.1 Å². The highest BCUT2D eigenvalue weighted by Crippen LogP contribution is 2.33. The summed E-state index contributed by atoms with van der Waals surface area (Å²) < 4.78 is 0. The molecule has 1 saturated carbocycles. The first kappa shape index (κ1) is 17.0. The van der Waals surface area contributed by atoms with E-state index < -0.39 is 0 Å². The highest BCUT2D eigenvalue weighted by atomic mass is 32.2. The van der Waals surface area contributed by atoms with Crippen LogP contribution in [-0.2, 0) is 0 Å². The van der Waals surface area contributed by atoms with Gasteiger partial charge in [-0.15, -0.1) is 0 Å². The maximum absolute atomic E-state index is 6.43. The number of aryl methyl sites for hydroxylation is 1. The quantitative estimate of drug-likeness (QED) is 0.759. The number of rotatable bonds is 4. The molecule has 26 heavy (non-hydrogen) atoms. The van der Waals surface area contributed by atoms with Gasteiger partial charge >= 0.3 is 0 Å². The molecule has 0 atom stereocenters. The van der Waals surface area contributed by atoms with Gasteiger partial charge in [0.1, 0.15) is 5.03 Å². The summed E-state index contributed by atoms with van der Waals surface area (Å²) in [6, 6.07) is 12.6. The maximum Gasteiger partial charge on any atom is 0.223 e. The monoisotopic (exact) mass is 365 g/mol. The van der Waals surface area contributed by atoms with E-state index in [0.29, 0.717) is 17.7 Å². The number of thioether (sulfide) groups is 1. The van der Waals surface area contributed by atoms with Crippen molar-refractivity contribution in [3.05, 3.63) is 63.8 Å². The van der Waals surface area contributed by atoms with E-state index >= 15 is 0 Å². The second kappa shape index (κ2) is 7.41. The molecule has 6 heteroatoms. The molecule has 0 unspecified atom stereocenters. The summed E-state index contributed by atoms with van der Waals surface area (Å²) in [6.07, 6.45) is 4.92. The number of aromatic nitrogens is 2. The van der Waals surface area contributed by atoms with Gasteiger partial charge in [0.15, 0.2) is 0 Å². The predicted octanol–water partition coefficient (Wildman–Crippen LogP) is 4.06. The Balaban J connectivity index is 1.55. The molecule has 4 rings (SSSR count). The van der Waals surface area contributed by atoms with Crippen molar-refractivity contribution in [3.8, 4) is 0 Å². The minimum absolute atomic E-state index is 0.476. The molecule has 5 nitrogen and oxygen atoms in total. The number of hydrogen-bond acceptors (Lipinski definition) is 6. The molecular weight excluding hydrogens is 342 g/mol. The van der Waals surface area contributed by atoms with Gasteiger partial charge < -0.3 is 16.4 Å². The van der Waals surface area contributed by atoms with Crippen LogP contribution in [0.2, 0.25) is 0 Å². The highest BCUT2D eigenvalue weighted by molar-refractivity contribution is 8.06. The Labute approximate surface area is 158 Å². The molecule has 0 spiro atoms. The second-order valence-corrected chi connectivity index (χ2v) is 7.61. The second-order valence-electron chi connectivity index (χ2n) is 6.73. The van der Waals surface area contributed by atoms with Crippen molar-refractivity contribution in [3.63, 3.8) is 0 Å². The van der Waals surface area contributed by atoms with E-state index in [2.05, 4.69) is 38.1 Å². The fourth-order valence-corrected chi connectivity index (χ4v) is 4.16. The van der Waals surface area contributed by atoms with E-state index in [4.69, 9.17) is 5.73 Å². The van der Waals surface area contributed by atoms with Crippen molar-refractivity contribution in [2.75, 3.05) is 5.32 Å². The summed E-state index contributed by atoms with van der Waals surface area (Å²) in [6.45, 7) is 1.98. The minimum Gasteiger partial charge on any atom is -0.395 e. The van der Waals surface area contributed by atoms with Crippen molar-refractivity contribution in [1.29, 1.82) is 0 Å². The average molecular weight is 366 g/mol. The number of hydrogen-bond donors (Lipinski definition) is 3. The Bertz CT molecular complexity index is 854. The zero-order valence-corrected chi connectivity index (χ0v) is 15.6. The third-order valence-electron chi connectivity index (χ3n) is 4.69. The Hall–Kier alpha value is -2.47. The van der Waals surface area contributed by atoms with Gasteiger partial charge in [0, 0.05) is 17.1 Å². The number of anilines is 1. The lowest BCUT2D eigenvalue weighted by atomic mass is 10.2. The lowest BCUT2D eigenvalue weighted by Gasteiger charge is -2.14. The Kier molecular flexibility index (Phi) is 4.84. The number of benzene rings is 1. The van der Waals surface area contributed by atoms with Crippen molar-refractivity contribution < 1.29 is 0 Å². The van der Waals surface area contributed by atoms with E-state index in [1.165, 1.54) is 25.7 Å². The number of nitrogens with one attached hydrogen (secondary N) is 2. The lowest BCUT2D eigenvalue weighted by molar-refractivity contribution is 0.742. The number of nitrogens with zero attached hydrogens (tertiary/aromatic N) is 2. The van der Waals surface area contributed by atoms with Gasteiger partial charge in [-0.25, -0.2) is 9.97 Å². The molecule has 134 valence electrons. The molecule has 1 fully saturated rings. The van der Waals surface area contributed by atoms with Gasteiger partial charge in [-0.2, -0.15) is 0 Å². The Morgan fingerprint density at radius 3 is 2.73 bits per heavy atom. The fourth-order valence-electron chi connectivity index (χ4n) is 3.33. The smallest absolute Gasteiger partial charge is 0.223 e. The van der Waals surface area contributed by atoms with E-state index in [1.807, 2.05) is 31.2 Å². The summed E-state index contributed by atoms with van der Waals surface area (Å²) >= 11 is 1.59. The molecule has 0 radical (unpaired) electrons. The van der Waals surface area contributed by atoms with Gasteiger partial charge in [0.05, 0.1) is 17.1 Å². The van der Waals surface area contributed by atoms with E-state index in [-0.39, 0.29) is 0 Å². The van der Waals surface area contributed by atoms with E-state index in [0.717, 1.165) is 27.7 Å². The summed E-state index contributed by atoms with van der Waals surface area (Å²) in [4.78, 5) is 9.19. The molecule has 2 heterocycles. The normalized spacial score (nSPS) is 19.2. The molecular formula is C20H23N5S. The highest BCUT2D eigenvalue weighted by Gasteiger charge is 2.19. The van der Waals surface area contributed by atoms with Crippen LogP contribution in [-0.4, -0.2) is 16.0 Å². The van der Waals surface area contributed by atoms with Crippen LogP contribution in [0.4, 0.5) is 5.95 Å². The van der Waals surface area contributed by atoms with E-state index in [1.54, 1.807) is 11.8 Å².